The van der Waals surface area contributed by atoms with Crippen LogP contribution in [0.25, 0.3) is 0 Å². The summed E-state index contributed by atoms with van der Waals surface area (Å²) in [6, 6.07) is 40.1. The van der Waals surface area contributed by atoms with Crippen LogP contribution in [0.15, 0.2) is 146 Å². The summed E-state index contributed by atoms with van der Waals surface area (Å²) in [5.41, 5.74) is 5.36. The molecule has 0 bridgehead atoms. The first-order chi connectivity index (χ1) is 45.7. The average molecular weight is 1290 g/mol. The summed E-state index contributed by atoms with van der Waals surface area (Å²) in [4.78, 5) is 57.3. The van der Waals surface area contributed by atoms with Crippen molar-refractivity contribution in [1.29, 1.82) is 0 Å². The zero-order valence-electron chi connectivity index (χ0n) is 54.7. The van der Waals surface area contributed by atoms with Crippen LogP contribution in [0.2, 0.25) is 0 Å². The highest BCUT2D eigenvalue weighted by atomic mass is 17.2. The van der Waals surface area contributed by atoms with E-state index in [1.54, 1.807) is 86.0 Å². The first kappa shape index (κ1) is 73.1. The van der Waals surface area contributed by atoms with E-state index in [9.17, 15) is 9.59 Å². The van der Waals surface area contributed by atoms with Crippen LogP contribution >= 0.6 is 0 Å². The first-order valence-electron chi connectivity index (χ1n) is 32.9. The van der Waals surface area contributed by atoms with Crippen molar-refractivity contribution in [3.8, 4) is 40.2 Å². The number of aryl methyl sites for hydroxylation is 2. The minimum atomic E-state index is -0.444. The largest absolute Gasteiger partial charge is 0.494 e. The van der Waals surface area contributed by atoms with Gasteiger partial charge in [-0.2, -0.15) is 9.78 Å². The topological polar surface area (TPSA) is 188 Å². The van der Waals surface area contributed by atoms with Gasteiger partial charge in [0.15, 0.2) is 11.5 Å². The van der Waals surface area contributed by atoms with Crippen LogP contribution in [0.1, 0.15) is 151 Å². The minimum absolute atomic E-state index is 0.264. The van der Waals surface area contributed by atoms with Gasteiger partial charge in [0, 0.05) is 33.5 Å². The molecule has 2 aliphatic rings. The number of hydrogen-bond donors (Lipinski definition) is 0. The molecule has 0 N–H and O–H groups in total. The zero-order chi connectivity index (χ0) is 65.2. The van der Waals surface area contributed by atoms with E-state index in [1.807, 2.05) is 74.5 Å². The first-order valence-corrected chi connectivity index (χ1v) is 32.9. The fraction of sp³-hybridized carbons (Fsp3) is 0.467. The number of methoxy groups -OCH3 is 1. The van der Waals surface area contributed by atoms with Crippen LogP contribution in [0.4, 0.5) is 0 Å². The number of rotatable bonds is 49. The van der Waals surface area contributed by atoms with Crippen molar-refractivity contribution in [3.63, 3.8) is 0 Å². The second-order valence-electron chi connectivity index (χ2n) is 22.9. The van der Waals surface area contributed by atoms with Crippen molar-refractivity contribution >= 4 is 11.9 Å². The van der Waals surface area contributed by atoms with Gasteiger partial charge in [-0.15, -0.1) is 6.58 Å². The molecule has 504 valence electrons. The van der Waals surface area contributed by atoms with Crippen LogP contribution in [0.5, 0.6) is 40.2 Å². The summed E-state index contributed by atoms with van der Waals surface area (Å²) in [6.45, 7) is 15.9. The lowest BCUT2D eigenvalue weighted by Crippen LogP contribution is -2.09. The third kappa shape index (κ3) is 31.4. The predicted molar refractivity (Wildman–Crippen MR) is 353 cm³/mol. The van der Waals surface area contributed by atoms with Gasteiger partial charge in [0.1, 0.15) is 48.6 Å². The number of benzene rings is 6. The summed E-state index contributed by atoms with van der Waals surface area (Å²) in [5, 5.41) is 0. The highest BCUT2D eigenvalue weighted by molar-refractivity contribution is 5.91. The Balaban J connectivity index is 0.000000264. The average Bonchev–Trinajstić information content (AvgIpc) is 2.54. The molecule has 2 unspecified atom stereocenters. The summed E-state index contributed by atoms with van der Waals surface area (Å²) in [7, 11) is 1.68. The minimum Gasteiger partial charge on any atom is -0.494 e. The molecular formula is C75H96O18. The summed E-state index contributed by atoms with van der Waals surface area (Å²) in [5.74, 6) is 3.48. The number of unbranched alkanes of at least 4 members (excludes halogenated alkanes) is 9. The molecule has 0 amide bonds. The standard InChI is InChI=1S/C38H50O10.C37H46O8/c1-4-21-44-45-27-8-6-5-7-26-43-35-17-13-33(14-18-35)30-46-48-37-20-19-36(28-31(37)2)47-38(39)34-15-11-32(12-16-34)29-42-25-10-24-41-23-9-22-40-3;1-28-24-33(44-37(38)30-14-18-32(19-15-30)40-23-9-5-3-7-11-35-27-42-35)20-21-36(28)45-43-25-29-12-16-31(17-13-29)39-22-8-4-2-6-10-34-26-41-34/h4,11-20,28H,1,5-10,21-27,29-30H2,2-3H3;12-21,24,34-35H,2-11,22-23,25-27H2,1H3. The maximum absolute atomic E-state index is 12.7. The molecule has 93 heavy (non-hydrogen) atoms. The molecule has 2 heterocycles. The third-order valence-electron chi connectivity index (χ3n) is 14.9. The Labute approximate surface area is 549 Å². The van der Waals surface area contributed by atoms with Gasteiger partial charge in [-0.25, -0.2) is 19.4 Å². The van der Waals surface area contributed by atoms with E-state index in [4.69, 9.17) is 76.7 Å². The molecule has 2 atom stereocenters. The fourth-order valence-electron chi connectivity index (χ4n) is 9.33. The van der Waals surface area contributed by atoms with E-state index in [2.05, 4.69) is 6.58 Å². The molecule has 18 heteroatoms. The Kier molecular flexibility index (Phi) is 34.8. The lowest BCUT2D eigenvalue weighted by atomic mass is 10.1. The van der Waals surface area contributed by atoms with E-state index in [-0.39, 0.29) is 13.2 Å². The predicted octanol–water partition coefficient (Wildman–Crippen LogP) is 15.9. The van der Waals surface area contributed by atoms with Gasteiger partial charge in [0.05, 0.1) is 69.6 Å². The molecule has 2 fully saturated rings. The molecule has 2 aliphatic heterocycles. The number of epoxide rings is 2. The van der Waals surface area contributed by atoms with Gasteiger partial charge in [-0.05, 0) is 197 Å². The van der Waals surface area contributed by atoms with Crippen molar-refractivity contribution in [3.05, 3.63) is 185 Å². The Morgan fingerprint density at radius 2 is 0.806 bits per heavy atom. The highest BCUT2D eigenvalue weighted by Crippen LogP contribution is 2.28. The molecule has 0 spiro atoms. The molecule has 6 aromatic rings. The van der Waals surface area contributed by atoms with E-state index >= 15 is 0 Å². The SMILES string of the molecule is C=CCOOCCCCCCOc1ccc(COOc2ccc(OC(=O)c3ccc(COCCCOCCCOC)cc3)cc2C)cc1.Cc1cc(OC(=O)c2ccc(OCCCCCCC3CO3)cc2)ccc1OOCc1ccc(OCCCCCCC2CO2)cc1. The monoisotopic (exact) mass is 1280 g/mol. The molecule has 0 aromatic heterocycles. The Morgan fingerprint density at radius 1 is 0.419 bits per heavy atom. The normalized spacial score (nSPS) is 13.7. The summed E-state index contributed by atoms with van der Waals surface area (Å²) >= 11 is 0. The summed E-state index contributed by atoms with van der Waals surface area (Å²) < 4.78 is 55.4. The maximum atomic E-state index is 12.7. The van der Waals surface area contributed by atoms with Crippen molar-refractivity contribution in [2.24, 2.45) is 0 Å². The molecule has 6 aromatic carbocycles. The lowest BCUT2D eigenvalue weighted by molar-refractivity contribution is -0.286. The molecule has 2 saturated heterocycles. The second-order valence-corrected chi connectivity index (χ2v) is 22.9. The molecule has 8 rings (SSSR count). The number of esters is 2. The quantitative estimate of drug-likeness (QED) is 0.00666. The van der Waals surface area contributed by atoms with Crippen LogP contribution < -0.4 is 33.5 Å². The van der Waals surface area contributed by atoms with Crippen molar-refractivity contribution in [1.82, 2.24) is 0 Å². The zero-order valence-corrected chi connectivity index (χ0v) is 54.7. The van der Waals surface area contributed by atoms with Crippen LogP contribution in [0, 0.1) is 13.8 Å². The second kappa shape index (κ2) is 44.3. The van der Waals surface area contributed by atoms with Crippen LogP contribution in [-0.2, 0) is 63.1 Å². The van der Waals surface area contributed by atoms with Crippen molar-refractivity contribution < 1.29 is 86.3 Å². The van der Waals surface area contributed by atoms with E-state index in [0.717, 1.165) is 123 Å². The number of carbonyl (C=O) groups is 2. The fourth-order valence-corrected chi connectivity index (χ4v) is 9.33. The van der Waals surface area contributed by atoms with Crippen molar-refractivity contribution in [2.45, 2.75) is 149 Å². The molecule has 0 aliphatic carbocycles. The van der Waals surface area contributed by atoms with Crippen LogP contribution in [-0.4, -0.2) is 104 Å². The smallest absolute Gasteiger partial charge is 0.343 e. The van der Waals surface area contributed by atoms with Gasteiger partial charge < -0.3 is 57.1 Å². The third-order valence-corrected chi connectivity index (χ3v) is 14.9. The van der Waals surface area contributed by atoms with E-state index in [1.165, 1.54) is 44.9 Å². The molecule has 0 radical (unpaired) electrons. The van der Waals surface area contributed by atoms with E-state index < -0.39 is 11.9 Å². The van der Waals surface area contributed by atoms with Gasteiger partial charge in [0.25, 0.3) is 0 Å². The number of carbonyl (C=O) groups excluding carboxylic acids is 2. The summed E-state index contributed by atoms with van der Waals surface area (Å²) in [6.07, 6.45) is 20.1. The van der Waals surface area contributed by atoms with Gasteiger partial charge in [-0.3, -0.25) is 0 Å². The van der Waals surface area contributed by atoms with Crippen LogP contribution in [0.3, 0.4) is 0 Å². The van der Waals surface area contributed by atoms with Gasteiger partial charge >= 0.3 is 11.9 Å². The Bertz CT molecular complexity index is 3000. The Morgan fingerprint density at radius 3 is 1.25 bits per heavy atom. The van der Waals surface area contributed by atoms with Crippen molar-refractivity contribution in [2.75, 3.05) is 79.8 Å². The number of ether oxygens (including phenoxy) is 10. The lowest BCUT2D eigenvalue weighted by Gasteiger charge is -2.11. The number of hydrogen-bond acceptors (Lipinski definition) is 18. The van der Waals surface area contributed by atoms with E-state index in [0.29, 0.717) is 106 Å². The molecule has 0 saturated carbocycles. The highest BCUT2D eigenvalue weighted by Gasteiger charge is 2.22. The molecular weight excluding hydrogens is 1190 g/mol. The molecule has 18 nitrogen and oxygen atoms in total. The Hall–Kier alpha value is -7.36. The van der Waals surface area contributed by atoms with Gasteiger partial charge in [0.2, 0.25) is 0 Å². The maximum Gasteiger partial charge on any atom is 0.343 e. The van der Waals surface area contributed by atoms with Gasteiger partial charge in [-0.1, -0.05) is 87.4 Å².